The summed E-state index contributed by atoms with van der Waals surface area (Å²) in [4.78, 5) is 0. The minimum absolute atomic E-state index is 0. The summed E-state index contributed by atoms with van der Waals surface area (Å²) in [6.07, 6.45) is 2.56. The van der Waals surface area contributed by atoms with Crippen molar-refractivity contribution in [3.05, 3.63) is 5.92 Å². The summed E-state index contributed by atoms with van der Waals surface area (Å²) in [6.45, 7) is 2.19. The first-order valence-corrected chi connectivity index (χ1v) is 2.02. The molecule has 0 atom stereocenters. The van der Waals surface area contributed by atoms with E-state index in [-0.39, 0.29) is 32.7 Å². The second-order valence-electron chi connectivity index (χ2n) is 1.65. The van der Waals surface area contributed by atoms with E-state index in [4.69, 9.17) is 0 Å². The van der Waals surface area contributed by atoms with Gasteiger partial charge < -0.3 is 5.92 Å². The Labute approximate surface area is 65.2 Å². The van der Waals surface area contributed by atoms with E-state index >= 15 is 0 Å². The molecule has 1 rings (SSSR count). The maximum atomic E-state index is 2.29. The molecule has 0 bridgehead atoms. The maximum absolute atomic E-state index is 2.29. The first kappa shape index (κ1) is 7.17. The zero-order valence-electron chi connectivity index (χ0n) is 4.07. The Morgan fingerprint density at radius 2 is 1.83 bits per heavy atom. The van der Waals surface area contributed by atoms with Crippen molar-refractivity contribution in [3.63, 3.8) is 0 Å². The third-order valence-electron chi connectivity index (χ3n) is 0.986. The van der Waals surface area contributed by atoms with Crippen molar-refractivity contribution >= 4 is 7.28 Å². The Morgan fingerprint density at radius 1 is 1.50 bits per heavy atom. The monoisotopic (exact) mass is 155 g/mol. The van der Waals surface area contributed by atoms with Crippen LogP contribution in [0.15, 0.2) is 0 Å². The van der Waals surface area contributed by atoms with Gasteiger partial charge in [0, 0.05) is 7.28 Å². The van der Waals surface area contributed by atoms with E-state index in [1.807, 2.05) is 0 Å². The van der Waals surface area contributed by atoms with Gasteiger partial charge in [-0.3, -0.25) is 0 Å². The molecule has 1 saturated heterocycles. The molecule has 1 fully saturated rings. The average Bonchev–Trinajstić information content (AvgIpc) is 1.30. The molecule has 27 valence electrons. The van der Waals surface area contributed by atoms with E-state index in [1.165, 1.54) is 12.6 Å². The molecular weight excluding hydrogens is 148 g/mol. The van der Waals surface area contributed by atoms with Crippen LogP contribution in [0.25, 0.3) is 0 Å². The topological polar surface area (TPSA) is 0 Å². The summed E-state index contributed by atoms with van der Waals surface area (Å²) < 4.78 is 0. The van der Waals surface area contributed by atoms with E-state index in [0.29, 0.717) is 0 Å². The fourth-order valence-corrected chi connectivity index (χ4v) is 0.433. The van der Waals surface area contributed by atoms with Gasteiger partial charge in [-0.15, -0.1) is 0 Å². The van der Waals surface area contributed by atoms with Gasteiger partial charge in [-0.05, 0) is 0 Å². The largest absolute Gasteiger partial charge is 3.00 e. The van der Waals surface area contributed by atoms with Crippen LogP contribution in [0.5, 0.6) is 0 Å². The van der Waals surface area contributed by atoms with Crippen molar-refractivity contribution in [1.82, 2.24) is 0 Å². The summed E-state index contributed by atoms with van der Waals surface area (Å²) in [5.41, 5.74) is 0. The molecule has 0 unspecified atom stereocenters. The first-order valence-electron chi connectivity index (χ1n) is 2.02. The zero-order chi connectivity index (χ0) is 3.70. The maximum Gasteiger partial charge on any atom is 3.00 e. The van der Waals surface area contributed by atoms with Gasteiger partial charge in [-0.2, -0.15) is 6.92 Å². The molecule has 0 aromatic carbocycles. The van der Waals surface area contributed by atoms with Gasteiger partial charge in [-0.1, -0.05) is 0 Å². The molecule has 0 nitrogen and oxygen atoms in total. The number of hydrogen-bond donors (Lipinski definition) is 0. The second-order valence-corrected chi connectivity index (χ2v) is 1.65. The molecule has 1 aliphatic rings. The van der Waals surface area contributed by atoms with Crippen molar-refractivity contribution < 1.29 is 32.7 Å². The van der Waals surface area contributed by atoms with Crippen LogP contribution in [-0.4, -0.2) is 7.28 Å². The SMILES string of the molecule is C[C-]1C[B]C1.[Y+3]. The third-order valence-corrected chi connectivity index (χ3v) is 0.986. The van der Waals surface area contributed by atoms with E-state index in [0.717, 1.165) is 0 Å². The second kappa shape index (κ2) is 3.21. The molecule has 0 spiro atoms. The van der Waals surface area contributed by atoms with Crippen molar-refractivity contribution in [2.45, 2.75) is 19.6 Å². The summed E-state index contributed by atoms with van der Waals surface area (Å²) in [7, 11) is 2.29. The number of rotatable bonds is 0. The van der Waals surface area contributed by atoms with Crippen LogP contribution in [0, 0.1) is 5.92 Å². The van der Waals surface area contributed by atoms with Crippen LogP contribution >= 0.6 is 0 Å². The Hall–Kier alpha value is 1.17. The van der Waals surface area contributed by atoms with Gasteiger partial charge in [0.05, 0.1) is 0 Å². The fourth-order valence-electron chi connectivity index (χ4n) is 0.433. The fraction of sp³-hybridized carbons (Fsp3) is 0.750. The molecule has 1 radical (unpaired) electrons. The Balaban J connectivity index is 0.000000250. The zero-order valence-corrected chi connectivity index (χ0v) is 6.91. The Morgan fingerprint density at radius 3 is 1.83 bits per heavy atom. The summed E-state index contributed by atoms with van der Waals surface area (Å²) in [6, 6.07) is 0. The minimum atomic E-state index is 0. The van der Waals surface area contributed by atoms with Gasteiger partial charge in [0.25, 0.3) is 0 Å². The summed E-state index contributed by atoms with van der Waals surface area (Å²) in [5.74, 6) is 1.63. The molecule has 2 heteroatoms. The van der Waals surface area contributed by atoms with Gasteiger partial charge in [-0.25, -0.2) is 12.6 Å². The van der Waals surface area contributed by atoms with Crippen molar-refractivity contribution in [3.8, 4) is 0 Å². The molecule has 0 aliphatic carbocycles. The van der Waals surface area contributed by atoms with Crippen LogP contribution in [0.4, 0.5) is 0 Å². The molecule has 0 aromatic heterocycles. The molecular formula is C4H7BY+2. The molecule has 0 saturated carbocycles. The quantitative estimate of drug-likeness (QED) is 0.363. The van der Waals surface area contributed by atoms with Crippen LogP contribution in [-0.2, 0) is 32.7 Å². The first-order chi connectivity index (χ1) is 2.39. The smallest absolute Gasteiger partial charge is 0.332 e. The normalized spacial score (nSPS) is 20.2. The van der Waals surface area contributed by atoms with Gasteiger partial charge >= 0.3 is 32.7 Å². The van der Waals surface area contributed by atoms with E-state index in [2.05, 4.69) is 14.2 Å². The van der Waals surface area contributed by atoms with Crippen LogP contribution in [0.3, 0.4) is 0 Å². The van der Waals surface area contributed by atoms with Crippen molar-refractivity contribution in [1.29, 1.82) is 0 Å². The van der Waals surface area contributed by atoms with Crippen LogP contribution in [0.2, 0.25) is 12.6 Å². The molecule has 0 N–H and O–H groups in total. The van der Waals surface area contributed by atoms with Gasteiger partial charge in [0.2, 0.25) is 0 Å². The number of hydrogen-bond acceptors (Lipinski definition) is 0. The van der Waals surface area contributed by atoms with E-state index in [1.54, 1.807) is 5.92 Å². The molecule has 1 aliphatic heterocycles. The summed E-state index contributed by atoms with van der Waals surface area (Å²) >= 11 is 0. The summed E-state index contributed by atoms with van der Waals surface area (Å²) in [5, 5.41) is 0. The third kappa shape index (κ3) is 1.75. The van der Waals surface area contributed by atoms with Crippen LogP contribution in [0.1, 0.15) is 6.92 Å². The Kier molecular flexibility index (Phi) is 3.83. The van der Waals surface area contributed by atoms with E-state index in [9.17, 15) is 0 Å². The molecule has 1 heterocycles. The Bertz CT molecular complexity index is 34.5. The predicted molar refractivity (Wildman–Crippen MR) is 24.3 cm³/mol. The van der Waals surface area contributed by atoms with Crippen molar-refractivity contribution in [2.75, 3.05) is 0 Å². The minimum Gasteiger partial charge on any atom is -0.332 e. The molecule has 0 amide bonds. The van der Waals surface area contributed by atoms with E-state index < -0.39 is 0 Å². The van der Waals surface area contributed by atoms with Crippen LogP contribution < -0.4 is 0 Å². The average molecular weight is 155 g/mol. The van der Waals surface area contributed by atoms with Gasteiger partial charge in [0.15, 0.2) is 0 Å². The standard InChI is InChI=1S/C4H7B.Y/c1-4-2-5-3-4;/h2-3H2,1H3;/q-1;+3. The molecule has 6 heavy (non-hydrogen) atoms. The predicted octanol–water partition coefficient (Wildman–Crippen LogP) is 1.13. The van der Waals surface area contributed by atoms with Crippen molar-refractivity contribution in [2.24, 2.45) is 0 Å². The van der Waals surface area contributed by atoms with Gasteiger partial charge in [0.1, 0.15) is 0 Å². The molecule has 0 aromatic rings.